The number of nitriles is 1. The summed E-state index contributed by atoms with van der Waals surface area (Å²) in [5.74, 6) is 0.240. The SMILES string of the molecule is C[C@@H](Oc1ccc(Cl)cn1)C1CN(C(=O)c2ccc(C#N)nc2)C[C@H]1c1ccc(Cl)c(Cl)c1. The molecule has 0 bridgehead atoms. The van der Waals surface area contributed by atoms with Crippen molar-refractivity contribution in [3.05, 3.63) is 86.7 Å². The van der Waals surface area contributed by atoms with Crippen molar-refractivity contribution >= 4 is 40.7 Å². The number of carbonyl (C=O) groups is 1. The molecule has 0 aliphatic carbocycles. The first-order valence-corrected chi connectivity index (χ1v) is 11.4. The van der Waals surface area contributed by atoms with Crippen LogP contribution in [0.2, 0.25) is 15.1 Å². The van der Waals surface area contributed by atoms with Crippen LogP contribution >= 0.6 is 34.8 Å². The average molecular weight is 502 g/mol. The molecule has 33 heavy (non-hydrogen) atoms. The molecule has 1 unspecified atom stereocenters. The fraction of sp³-hybridized carbons (Fsp3) is 0.250. The van der Waals surface area contributed by atoms with E-state index < -0.39 is 0 Å². The van der Waals surface area contributed by atoms with Gasteiger partial charge in [-0.05, 0) is 42.8 Å². The smallest absolute Gasteiger partial charge is 0.255 e. The summed E-state index contributed by atoms with van der Waals surface area (Å²) in [6.45, 7) is 2.91. The Hall–Kier alpha value is -2.85. The highest BCUT2D eigenvalue weighted by Gasteiger charge is 2.40. The maximum absolute atomic E-state index is 13.2. The Balaban J connectivity index is 1.60. The van der Waals surface area contributed by atoms with E-state index in [1.54, 1.807) is 29.2 Å². The molecule has 2 aromatic heterocycles. The highest BCUT2D eigenvalue weighted by atomic mass is 35.5. The molecular weight excluding hydrogens is 483 g/mol. The number of amides is 1. The van der Waals surface area contributed by atoms with E-state index in [1.165, 1.54) is 18.5 Å². The molecule has 168 valence electrons. The van der Waals surface area contributed by atoms with E-state index in [2.05, 4.69) is 9.97 Å². The van der Waals surface area contributed by atoms with Gasteiger partial charge in [-0.1, -0.05) is 40.9 Å². The van der Waals surface area contributed by atoms with Gasteiger partial charge in [-0.2, -0.15) is 5.26 Å². The van der Waals surface area contributed by atoms with Gasteiger partial charge in [-0.3, -0.25) is 4.79 Å². The summed E-state index contributed by atoms with van der Waals surface area (Å²) < 4.78 is 6.11. The van der Waals surface area contributed by atoms with Gasteiger partial charge in [0.15, 0.2) is 0 Å². The molecule has 1 saturated heterocycles. The van der Waals surface area contributed by atoms with E-state index in [1.807, 2.05) is 25.1 Å². The molecule has 1 aromatic carbocycles. The third kappa shape index (κ3) is 5.22. The Morgan fingerprint density at radius 3 is 2.55 bits per heavy atom. The molecule has 0 spiro atoms. The second-order valence-electron chi connectivity index (χ2n) is 7.84. The predicted molar refractivity (Wildman–Crippen MR) is 127 cm³/mol. The number of hydrogen-bond acceptors (Lipinski definition) is 5. The average Bonchev–Trinajstić information content (AvgIpc) is 3.27. The van der Waals surface area contributed by atoms with Crippen molar-refractivity contribution in [2.75, 3.05) is 13.1 Å². The van der Waals surface area contributed by atoms with Crippen LogP contribution in [-0.4, -0.2) is 40.0 Å². The summed E-state index contributed by atoms with van der Waals surface area (Å²) in [6, 6.07) is 14.1. The summed E-state index contributed by atoms with van der Waals surface area (Å²) in [5.41, 5.74) is 1.66. The Morgan fingerprint density at radius 2 is 1.91 bits per heavy atom. The molecule has 9 heteroatoms. The van der Waals surface area contributed by atoms with Crippen LogP contribution < -0.4 is 4.74 Å². The van der Waals surface area contributed by atoms with E-state index in [0.29, 0.717) is 39.6 Å². The second-order valence-corrected chi connectivity index (χ2v) is 9.09. The Morgan fingerprint density at radius 1 is 1.09 bits per heavy atom. The zero-order valence-electron chi connectivity index (χ0n) is 17.6. The minimum Gasteiger partial charge on any atom is -0.474 e. The number of halogens is 3. The van der Waals surface area contributed by atoms with E-state index in [9.17, 15) is 4.79 Å². The molecule has 1 aliphatic rings. The van der Waals surface area contributed by atoms with Crippen molar-refractivity contribution < 1.29 is 9.53 Å². The summed E-state index contributed by atoms with van der Waals surface area (Å²) in [4.78, 5) is 23.2. The quantitative estimate of drug-likeness (QED) is 0.452. The maximum atomic E-state index is 13.2. The normalized spacial score (nSPS) is 18.6. The fourth-order valence-electron chi connectivity index (χ4n) is 4.05. The molecule has 3 aromatic rings. The number of rotatable bonds is 5. The monoisotopic (exact) mass is 500 g/mol. The number of nitrogens with zero attached hydrogens (tertiary/aromatic N) is 4. The lowest BCUT2D eigenvalue weighted by molar-refractivity contribution is 0.0769. The summed E-state index contributed by atoms with van der Waals surface area (Å²) >= 11 is 18.3. The molecule has 1 fully saturated rings. The van der Waals surface area contributed by atoms with E-state index in [-0.39, 0.29) is 29.5 Å². The van der Waals surface area contributed by atoms with Crippen LogP contribution in [0.5, 0.6) is 5.88 Å². The number of likely N-dealkylation sites (tertiary alicyclic amines) is 1. The second kappa shape index (κ2) is 9.96. The largest absolute Gasteiger partial charge is 0.474 e. The van der Waals surface area contributed by atoms with Crippen LogP contribution in [0.15, 0.2) is 54.9 Å². The molecule has 1 aliphatic heterocycles. The van der Waals surface area contributed by atoms with Gasteiger partial charge >= 0.3 is 0 Å². The van der Waals surface area contributed by atoms with E-state index in [4.69, 9.17) is 44.8 Å². The Bertz CT molecular complexity index is 1200. The van der Waals surface area contributed by atoms with Crippen LogP contribution in [-0.2, 0) is 0 Å². The summed E-state index contributed by atoms with van der Waals surface area (Å²) in [7, 11) is 0. The number of pyridine rings is 2. The van der Waals surface area contributed by atoms with Crippen LogP contribution in [0.1, 0.15) is 34.5 Å². The first-order valence-electron chi connectivity index (χ1n) is 10.2. The lowest BCUT2D eigenvalue weighted by atomic mass is 9.86. The Labute approximate surface area is 206 Å². The zero-order chi connectivity index (χ0) is 23.5. The fourth-order valence-corrected chi connectivity index (χ4v) is 4.46. The van der Waals surface area contributed by atoms with Gasteiger partial charge in [0, 0.05) is 43.4 Å². The molecule has 0 saturated carbocycles. The minimum absolute atomic E-state index is 0.0302. The number of hydrogen-bond donors (Lipinski definition) is 0. The van der Waals surface area contributed by atoms with Crippen molar-refractivity contribution in [3.8, 4) is 11.9 Å². The number of carbonyl (C=O) groups excluding carboxylic acids is 1. The third-order valence-corrected chi connectivity index (χ3v) is 6.72. The molecule has 0 N–H and O–H groups in total. The van der Waals surface area contributed by atoms with Gasteiger partial charge in [0.25, 0.3) is 5.91 Å². The van der Waals surface area contributed by atoms with E-state index in [0.717, 1.165) is 5.56 Å². The van der Waals surface area contributed by atoms with Gasteiger partial charge in [-0.15, -0.1) is 0 Å². The first-order chi connectivity index (χ1) is 15.9. The maximum Gasteiger partial charge on any atom is 0.255 e. The van der Waals surface area contributed by atoms with Crippen molar-refractivity contribution in [1.29, 1.82) is 5.26 Å². The summed E-state index contributed by atoms with van der Waals surface area (Å²) in [5, 5.41) is 10.4. The van der Waals surface area contributed by atoms with Crippen LogP contribution in [0, 0.1) is 17.2 Å². The van der Waals surface area contributed by atoms with Crippen molar-refractivity contribution in [2.45, 2.75) is 18.9 Å². The van der Waals surface area contributed by atoms with Crippen LogP contribution in [0.25, 0.3) is 0 Å². The molecule has 1 amide bonds. The Kier molecular flexibility index (Phi) is 7.04. The van der Waals surface area contributed by atoms with Gasteiger partial charge < -0.3 is 9.64 Å². The molecule has 3 heterocycles. The van der Waals surface area contributed by atoms with Crippen molar-refractivity contribution in [2.24, 2.45) is 5.92 Å². The molecule has 3 atom stereocenters. The highest BCUT2D eigenvalue weighted by Crippen LogP contribution is 2.38. The van der Waals surface area contributed by atoms with Crippen LogP contribution in [0.4, 0.5) is 0 Å². The van der Waals surface area contributed by atoms with Gasteiger partial charge in [0.1, 0.15) is 17.9 Å². The lowest BCUT2D eigenvalue weighted by Gasteiger charge is -2.25. The van der Waals surface area contributed by atoms with Crippen molar-refractivity contribution in [3.63, 3.8) is 0 Å². The molecular formula is C24H19Cl3N4O2. The van der Waals surface area contributed by atoms with Gasteiger partial charge in [0.05, 0.1) is 20.6 Å². The number of aromatic nitrogens is 2. The predicted octanol–water partition coefficient (Wildman–Crippen LogP) is 5.63. The lowest BCUT2D eigenvalue weighted by Crippen LogP contribution is -2.32. The zero-order valence-corrected chi connectivity index (χ0v) is 19.8. The first kappa shape index (κ1) is 23.3. The van der Waals surface area contributed by atoms with Crippen LogP contribution in [0.3, 0.4) is 0 Å². The topological polar surface area (TPSA) is 79.1 Å². The van der Waals surface area contributed by atoms with Crippen molar-refractivity contribution in [1.82, 2.24) is 14.9 Å². The summed E-state index contributed by atoms with van der Waals surface area (Å²) in [6.07, 6.45) is 2.71. The molecule has 0 radical (unpaired) electrons. The van der Waals surface area contributed by atoms with Gasteiger partial charge in [-0.25, -0.2) is 9.97 Å². The number of benzene rings is 1. The third-order valence-electron chi connectivity index (χ3n) is 5.76. The van der Waals surface area contributed by atoms with Gasteiger partial charge in [0.2, 0.25) is 5.88 Å². The molecule has 6 nitrogen and oxygen atoms in total. The van der Waals surface area contributed by atoms with E-state index >= 15 is 0 Å². The standard InChI is InChI=1S/C24H19Cl3N4O2/c1-14(33-23-7-4-17(25)11-30-23)19-12-31(24(32)16-2-5-18(9-28)29-10-16)13-20(19)15-3-6-21(26)22(27)8-15/h2-8,10-11,14,19-20H,12-13H2,1H3/t14-,19?,20+/m1/s1. The molecule has 4 rings (SSSR count). The number of ether oxygens (including phenoxy) is 1. The minimum atomic E-state index is -0.255. The highest BCUT2D eigenvalue weighted by molar-refractivity contribution is 6.42.